The lowest BCUT2D eigenvalue weighted by molar-refractivity contribution is 0.0749. The van der Waals surface area contributed by atoms with E-state index in [4.69, 9.17) is 14.2 Å². The van der Waals surface area contributed by atoms with Gasteiger partial charge in [-0.1, -0.05) is 13.8 Å². The lowest BCUT2D eigenvalue weighted by Gasteiger charge is -2.21. The van der Waals surface area contributed by atoms with Gasteiger partial charge in [0.25, 0.3) is 5.91 Å². The third kappa shape index (κ3) is 5.06. The Morgan fingerprint density at radius 1 is 0.964 bits per heavy atom. The van der Waals surface area contributed by atoms with Gasteiger partial charge in [0.2, 0.25) is 5.75 Å². The molecule has 1 heterocycles. The van der Waals surface area contributed by atoms with Crippen molar-refractivity contribution in [3.63, 3.8) is 0 Å². The van der Waals surface area contributed by atoms with Crippen LogP contribution in [0.25, 0.3) is 0 Å². The molecule has 2 aromatic rings. The second kappa shape index (κ2) is 10.4. The minimum Gasteiger partial charge on any atom is -0.493 e. The summed E-state index contributed by atoms with van der Waals surface area (Å²) in [6.07, 6.45) is 3.49. The Labute approximate surface area is 166 Å². The molecule has 0 radical (unpaired) electrons. The summed E-state index contributed by atoms with van der Waals surface area (Å²) in [5.41, 5.74) is 1.95. The molecule has 0 spiro atoms. The van der Waals surface area contributed by atoms with Crippen molar-refractivity contribution in [3.05, 3.63) is 36.2 Å². The molecule has 152 valence electrons. The number of methoxy groups -OCH3 is 3. The zero-order valence-electron chi connectivity index (χ0n) is 17.2. The van der Waals surface area contributed by atoms with Crippen LogP contribution >= 0.6 is 0 Å². The summed E-state index contributed by atoms with van der Waals surface area (Å²) in [5.74, 6) is 1.60. The number of hydrogen-bond acceptors (Lipinski definition) is 6. The van der Waals surface area contributed by atoms with E-state index in [-0.39, 0.29) is 5.91 Å². The number of aromatic nitrogens is 1. The summed E-state index contributed by atoms with van der Waals surface area (Å²) < 4.78 is 16.1. The van der Waals surface area contributed by atoms with E-state index in [0.29, 0.717) is 22.9 Å². The van der Waals surface area contributed by atoms with Gasteiger partial charge in [-0.25, -0.2) is 4.98 Å². The number of carbonyl (C=O) groups excluding carboxylic acids is 1. The van der Waals surface area contributed by atoms with Crippen LogP contribution in [-0.2, 0) is 0 Å². The van der Waals surface area contributed by atoms with Crippen LogP contribution in [0.4, 0.5) is 11.4 Å². The summed E-state index contributed by atoms with van der Waals surface area (Å²) in [4.78, 5) is 18.8. The van der Waals surface area contributed by atoms with Crippen molar-refractivity contribution in [1.82, 2.24) is 9.88 Å². The highest BCUT2D eigenvalue weighted by atomic mass is 16.5. The van der Waals surface area contributed by atoms with Crippen LogP contribution in [0.1, 0.15) is 37.2 Å². The topological polar surface area (TPSA) is 72.9 Å². The Kier molecular flexibility index (Phi) is 7.92. The minimum atomic E-state index is -0.0389. The maximum atomic E-state index is 12.6. The molecule has 1 aromatic carbocycles. The summed E-state index contributed by atoms with van der Waals surface area (Å²) in [6, 6.07) is 7.19. The fraction of sp³-hybridized carbons (Fsp3) is 0.429. The van der Waals surface area contributed by atoms with E-state index < -0.39 is 0 Å². The Balaban J connectivity index is 2.19. The van der Waals surface area contributed by atoms with Crippen molar-refractivity contribution in [2.75, 3.05) is 39.7 Å². The summed E-state index contributed by atoms with van der Waals surface area (Å²) in [5, 5.41) is 3.25. The van der Waals surface area contributed by atoms with E-state index in [9.17, 15) is 4.79 Å². The number of ether oxygens (including phenoxy) is 3. The lowest BCUT2D eigenvalue weighted by Crippen LogP contribution is -2.33. The van der Waals surface area contributed by atoms with E-state index >= 15 is 0 Å². The predicted molar refractivity (Wildman–Crippen MR) is 110 cm³/mol. The van der Waals surface area contributed by atoms with E-state index in [1.54, 1.807) is 33.6 Å². The van der Waals surface area contributed by atoms with Crippen molar-refractivity contribution in [1.29, 1.82) is 0 Å². The first-order valence-electron chi connectivity index (χ1n) is 9.40. The molecule has 0 atom stereocenters. The molecule has 1 aromatic heterocycles. The highest BCUT2D eigenvalue weighted by Gasteiger charge is 2.16. The van der Waals surface area contributed by atoms with Crippen molar-refractivity contribution in [2.45, 2.75) is 26.7 Å². The number of benzene rings is 1. The Hall–Kier alpha value is -2.96. The van der Waals surface area contributed by atoms with Crippen molar-refractivity contribution >= 4 is 17.3 Å². The Morgan fingerprint density at radius 2 is 1.57 bits per heavy atom. The van der Waals surface area contributed by atoms with Gasteiger partial charge in [-0.05, 0) is 25.0 Å². The number of carbonyl (C=O) groups is 1. The number of rotatable bonds is 10. The molecule has 28 heavy (non-hydrogen) atoms. The largest absolute Gasteiger partial charge is 0.493 e. The first-order chi connectivity index (χ1) is 13.6. The number of hydrogen-bond donors (Lipinski definition) is 1. The van der Waals surface area contributed by atoms with Crippen LogP contribution in [0, 0.1) is 0 Å². The van der Waals surface area contributed by atoms with Crippen LogP contribution in [0.15, 0.2) is 30.5 Å². The molecule has 0 aliphatic rings. The molecule has 0 aliphatic carbocycles. The molecular formula is C21H29N3O4. The summed E-state index contributed by atoms with van der Waals surface area (Å²) in [7, 11) is 4.70. The fourth-order valence-corrected chi connectivity index (χ4v) is 2.93. The van der Waals surface area contributed by atoms with E-state index in [2.05, 4.69) is 24.1 Å². The average molecular weight is 387 g/mol. The van der Waals surface area contributed by atoms with Gasteiger partial charge >= 0.3 is 0 Å². The highest BCUT2D eigenvalue weighted by molar-refractivity contribution is 5.92. The quantitative estimate of drug-likeness (QED) is 0.661. The van der Waals surface area contributed by atoms with Crippen LogP contribution in [0.5, 0.6) is 17.2 Å². The summed E-state index contributed by atoms with van der Waals surface area (Å²) >= 11 is 0. The van der Waals surface area contributed by atoms with Crippen LogP contribution in [-0.4, -0.2) is 50.2 Å². The van der Waals surface area contributed by atoms with Gasteiger partial charge in [-0.2, -0.15) is 0 Å². The molecule has 2 rings (SSSR count). The van der Waals surface area contributed by atoms with Crippen molar-refractivity contribution < 1.29 is 19.0 Å². The second-order valence-electron chi connectivity index (χ2n) is 6.26. The van der Waals surface area contributed by atoms with E-state index in [1.165, 1.54) is 0 Å². The molecule has 0 aliphatic heterocycles. The number of amides is 1. The molecule has 7 heteroatoms. The smallest absolute Gasteiger partial charge is 0.272 e. The lowest BCUT2D eigenvalue weighted by atomic mass is 10.2. The molecule has 1 N–H and O–H groups in total. The first kappa shape index (κ1) is 21.3. The fourth-order valence-electron chi connectivity index (χ4n) is 2.93. The molecule has 0 saturated carbocycles. The van der Waals surface area contributed by atoms with Gasteiger partial charge in [-0.15, -0.1) is 0 Å². The molecule has 0 fully saturated rings. The van der Waals surface area contributed by atoms with Crippen molar-refractivity contribution in [2.24, 2.45) is 0 Å². The predicted octanol–water partition coefficient (Wildman–Crippen LogP) is 4.11. The van der Waals surface area contributed by atoms with Crippen LogP contribution in [0.2, 0.25) is 0 Å². The standard InChI is InChI=1S/C21H29N3O4/c1-6-10-24(11-7-2)21(25)17-9-8-15(14-22-17)23-16-12-18(26-3)20(28-5)19(13-16)27-4/h8-9,12-14,23H,6-7,10-11H2,1-5H3. The molecule has 0 unspecified atom stereocenters. The normalized spacial score (nSPS) is 10.3. The maximum absolute atomic E-state index is 12.6. The third-order valence-electron chi connectivity index (χ3n) is 4.21. The number of pyridine rings is 1. The van der Waals surface area contributed by atoms with Gasteiger partial charge < -0.3 is 24.4 Å². The van der Waals surface area contributed by atoms with Gasteiger partial charge in [0, 0.05) is 30.9 Å². The average Bonchev–Trinajstić information content (AvgIpc) is 2.72. The maximum Gasteiger partial charge on any atom is 0.272 e. The number of anilines is 2. The summed E-state index contributed by atoms with van der Waals surface area (Å²) in [6.45, 7) is 5.60. The van der Waals surface area contributed by atoms with Crippen LogP contribution < -0.4 is 19.5 Å². The van der Waals surface area contributed by atoms with E-state index in [1.807, 2.05) is 23.1 Å². The number of nitrogens with zero attached hydrogens (tertiary/aromatic N) is 2. The molecule has 0 saturated heterocycles. The Morgan fingerprint density at radius 3 is 2.00 bits per heavy atom. The van der Waals surface area contributed by atoms with Gasteiger partial charge in [-0.3, -0.25) is 4.79 Å². The zero-order valence-corrected chi connectivity index (χ0v) is 17.2. The van der Waals surface area contributed by atoms with Gasteiger partial charge in [0.15, 0.2) is 11.5 Å². The van der Waals surface area contributed by atoms with Gasteiger partial charge in [0.1, 0.15) is 5.69 Å². The second-order valence-corrected chi connectivity index (χ2v) is 6.26. The van der Waals surface area contributed by atoms with E-state index in [0.717, 1.165) is 37.3 Å². The SMILES string of the molecule is CCCN(CCC)C(=O)c1ccc(Nc2cc(OC)c(OC)c(OC)c2)cn1. The third-order valence-corrected chi connectivity index (χ3v) is 4.21. The molecule has 1 amide bonds. The van der Waals surface area contributed by atoms with Crippen LogP contribution in [0.3, 0.4) is 0 Å². The van der Waals surface area contributed by atoms with Crippen molar-refractivity contribution in [3.8, 4) is 17.2 Å². The van der Waals surface area contributed by atoms with Gasteiger partial charge in [0.05, 0.1) is 33.2 Å². The first-order valence-corrected chi connectivity index (χ1v) is 9.40. The minimum absolute atomic E-state index is 0.0389. The zero-order chi connectivity index (χ0) is 20.5. The molecular weight excluding hydrogens is 358 g/mol. The molecule has 7 nitrogen and oxygen atoms in total. The number of nitrogens with one attached hydrogen (secondary N) is 1. The monoisotopic (exact) mass is 387 g/mol. The Bertz CT molecular complexity index is 747. The highest BCUT2D eigenvalue weighted by Crippen LogP contribution is 2.40. The molecule has 0 bridgehead atoms.